The molecule has 0 bridgehead atoms. The van der Waals surface area contributed by atoms with Crippen molar-refractivity contribution in [1.82, 2.24) is 5.01 Å². The highest BCUT2D eigenvalue weighted by molar-refractivity contribution is 6.14. The number of hydrogen-bond donors (Lipinski definition) is 1. The van der Waals surface area contributed by atoms with Gasteiger partial charge in [0, 0.05) is 17.5 Å². The summed E-state index contributed by atoms with van der Waals surface area (Å²) in [6.45, 7) is 0. The summed E-state index contributed by atoms with van der Waals surface area (Å²) in [5.41, 5.74) is 4.65. The number of para-hydroxylation sites is 1. The summed E-state index contributed by atoms with van der Waals surface area (Å²) >= 11 is 0. The topological polar surface area (TPSA) is 52.7 Å². The largest absolute Gasteiger partial charge is 0.279 e. The number of carbonyl (C=O) groups excluding carboxylic acids is 2. The lowest BCUT2D eigenvalue weighted by Crippen LogP contribution is -2.50. The molecule has 0 atom stereocenters. The number of benzene rings is 3. The van der Waals surface area contributed by atoms with Crippen molar-refractivity contribution in [2.75, 3.05) is 10.5 Å². The first-order chi connectivity index (χ1) is 12.2. The van der Waals surface area contributed by atoms with Crippen LogP contribution in [0.1, 0.15) is 0 Å². The summed E-state index contributed by atoms with van der Waals surface area (Å²) < 4.78 is 0. The van der Waals surface area contributed by atoms with E-state index in [9.17, 15) is 9.59 Å². The van der Waals surface area contributed by atoms with Gasteiger partial charge in [0.15, 0.2) is 0 Å². The number of carbonyl (C=O) groups is 2. The molecule has 5 nitrogen and oxygen atoms in total. The summed E-state index contributed by atoms with van der Waals surface area (Å²) in [6, 6.07) is 23.0. The van der Waals surface area contributed by atoms with Gasteiger partial charge in [-0.05, 0) is 23.6 Å². The summed E-state index contributed by atoms with van der Waals surface area (Å²) in [7, 11) is 0. The summed E-state index contributed by atoms with van der Waals surface area (Å²) in [5, 5.41) is 4.55. The van der Waals surface area contributed by atoms with Gasteiger partial charge < -0.3 is 0 Å². The number of imide groups is 1. The number of hydrazine groups is 2. The standard InChI is InChI=1S/C20H15N3O2/c24-19-13-14-20(25)22(19)23(21-16-9-2-1-3-10-16)18-12-6-8-15-7-4-5-11-17(15)18/h1-14,21H. The lowest BCUT2D eigenvalue weighted by Gasteiger charge is -2.33. The lowest BCUT2D eigenvalue weighted by atomic mass is 10.1. The zero-order chi connectivity index (χ0) is 17.2. The molecule has 1 N–H and O–H groups in total. The van der Waals surface area contributed by atoms with Crippen LogP contribution in [-0.4, -0.2) is 16.8 Å². The maximum absolute atomic E-state index is 12.3. The first kappa shape index (κ1) is 15.0. The zero-order valence-corrected chi connectivity index (χ0v) is 13.3. The predicted octanol–water partition coefficient (Wildman–Crippen LogP) is 3.51. The third-order valence-corrected chi connectivity index (χ3v) is 3.99. The maximum atomic E-state index is 12.3. The van der Waals surface area contributed by atoms with E-state index in [-0.39, 0.29) is 11.8 Å². The molecule has 1 aliphatic heterocycles. The van der Waals surface area contributed by atoms with Gasteiger partial charge in [-0.25, -0.2) is 0 Å². The number of nitrogens with one attached hydrogen (secondary N) is 1. The molecule has 4 rings (SSSR count). The van der Waals surface area contributed by atoms with E-state index in [0.29, 0.717) is 5.69 Å². The minimum Gasteiger partial charge on any atom is -0.279 e. The van der Waals surface area contributed by atoms with E-state index in [1.807, 2.05) is 72.8 Å². The van der Waals surface area contributed by atoms with Crippen LogP contribution in [0.3, 0.4) is 0 Å². The minimum atomic E-state index is -0.388. The highest BCUT2D eigenvalue weighted by Crippen LogP contribution is 2.29. The Morgan fingerprint density at radius 2 is 1.36 bits per heavy atom. The van der Waals surface area contributed by atoms with Gasteiger partial charge in [-0.3, -0.25) is 15.0 Å². The Hall–Kier alpha value is -3.60. The maximum Gasteiger partial charge on any atom is 0.274 e. The fourth-order valence-electron chi connectivity index (χ4n) is 2.84. The second-order valence-electron chi connectivity index (χ2n) is 5.61. The lowest BCUT2D eigenvalue weighted by molar-refractivity contribution is -0.137. The van der Waals surface area contributed by atoms with E-state index in [2.05, 4.69) is 5.43 Å². The van der Waals surface area contributed by atoms with Crippen molar-refractivity contribution in [3.63, 3.8) is 0 Å². The number of fused-ring (bicyclic) bond motifs is 1. The van der Waals surface area contributed by atoms with E-state index in [1.165, 1.54) is 17.3 Å². The Morgan fingerprint density at radius 1 is 0.720 bits per heavy atom. The molecule has 0 radical (unpaired) electrons. The van der Waals surface area contributed by atoms with E-state index < -0.39 is 0 Å². The third kappa shape index (κ3) is 2.72. The Morgan fingerprint density at radius 3 is 2.12 bits per heavy atom. The molecule has 2 amide bonds. The van der Waals surface area contributed by atoms with Crippen molar-refractivity contribution >= 4 is 34.0 Å². The van der Waals surface area contributed by atoms with Crippen LogP contribution in [-0.2, 0) is 9.59 Å². The molecule has 0 aromatic heterocycles. The van der Waals surface area contributed by atoms with E-state index >= 15 is 0 Å². The second kappa shape index (κ2) is 6.13. The number of rotatable bonds is 4. The fraction of sp³-hybridized carbons (Fsp3) is 0. The van der Waals surface area contributed by atoms with Crippen LogP contribution in [0.2, 0.25) is 0 Å². The molecule has 5 heteroatoms. The van der Waals surface area contributed by atoms with Crippen molar-refractivity contribution < 1.29 is 9.59 Å². The Bertz CT molecular complexity index is 959. The van der Waals surface area contributed by atoms with E-state index in [0.717, 1.165) is 21.5 Å². The highest BCUT2D eigenvalue weighted by Gasteiger charge is 2.31. The monoisotopic (exact) mass is 329 g/mol. The van der Waals surface area contributed by atoms with E-state index in [4.69, 9.17) is 0 Å². The van der Waals surface area contributed by atoms with Crippen molar-refractivity contribution in [2.24, 2.45) is 0 Å². The molecule has 0 fully saturated rings. The molecule has 0 saturated carbocycles. The van der Waals surface area contributed by atoms with Crippen LogP contribution < -0.4 is 10.5 Å². The molecule has 122 valence electrons. The summed E-state index contributed by atoms with van der Waals surface area (Å²) in [6.07, 6.45) is 2.54. The number of amides is 2. The molecule has 1 heterocycles. The average molecular weight is 329 g/mol. The van der Waals surface area contributed by atoms with Crippen molar-refractivity contribution in [3.8, 4) is 0 Å². The molecule has 0 unspecified atom stereocenters. The van der Waals surface area contributed by atoms with Crippen molar-refractivity contribution in [3.05, 3.63) is 84.9 Å². The summed E-state index contributed by atoms with van der Waals surface area (Å²) in [4.78, 5) is 24.5. The van der Waals surface area contributed by atoms with Crippen LogP contribution >= 0.6 is 0 Å². The first-order valence-corrected chi connectivity index (χ1v) is 7.90. The van der Waals surface area contributed by atoms with Crippen LogP contribution in [0.25, 0.3) is 10.8 Å². The molecule has 0 spiro atoms. The average Bonchev–Trinajstić information content (AvgIpc) is 2.99. The second-order valence-corrected chi connectivity index (χ2v) is 5.61. The van der Waals surface area contributed by atoms with Gasteiger partial charge in [0.25, 0.3) is 11.8 Å². The van der Waals surface area contributed by atoms with Crippen LogP contribution in [0, 0.1) is 0 Å². The van der Waals surface area contributed by atoms with Gasteiger partial charge in [0.1, 0.15) is 0 Å². The van der Waals surface area contributed by atoms with Crippen molar-refractivity contribution in [2.45, 2.75) is 0 Å². The normalized spacial score (nSPS) is 13.5. The van der Waals surface area contributed by atoms with Crippen LogP contribution in [0.15, 0.2) is 84.9 Å². The zero-order valence-electron chi connectivity index (χ0n) is 13.3. The molecule has 0 aliphatic carbocycles. The van der Waals surface area contributed by atoms with E-state index in [1.54, 1.807) is 0 Å². The molecular formula is C20H15N3O2. The Labute approximate surface area is 144 Å². The predicted molar refractivity (Wildman–Crippen MR) is 97.5 cm³/mol. The molecular weight excluding hydrogens is 314 g/mol. The SMILES string of the molecule is O=C1C=CC(=O)N1N(Nc1ccccc1)c1cccc2ccccc12. The molecule has 25 heavy (non-hydrogen) atoms. The molecule has 1 aliphatic rings. The van der Waals surface area contributed by atoms with Crippen molar-refractivity contribution in [1.29, 1.82) is 0 Å². The number of nitrogens with zero attached hydrogens (tertiary/aromatic N) is 2. The summed E-state index contributed by atoms with van der Waals surface area (Å²) in [5.74, 6) is -0.775. The van der Waals surface area contributed by atoms with Gasteiger partial charge in [-0.2, -0.15) is 10.1 Å². The smallest absolute Gasteiger partial charge is 0.274 e. The van der Waals surface area contributed by atoms with Gasteiger partial charge in [0.05, 0.1) is 11.4 Å². The Balaban J connectivity index is 1.85. The van der Waals surface area contributed by atoms with Gasteiger partial charge in [0.2, 0.25) is 0 Å². The van der Waals surface area contributed by atoms with Crippen LogP contribution in [0.5, 0.6) is 0 Å². The number of anilines is 2. The highest BCUT2D eigenvalue weighted by atomic mass is 16.2. The minimum absolute atomic E-state index is 0.388. The van der Waals surface area contributed by atoms with Gasteiger partial charge in [-0.15, -0.1) is 0 Å². The number of hydrogen-bond acceptors (Lipinski definition) is 4. The fourth-order valence-corrected chi connectivity index (χ4v) is 2.84. The molecule has 0 saturated heterocycles. The van der Waals surface area contributed by atoms with Gasteiger partial charge >= 0.3 is 0 Å². The first-order valence-electron chi connectivity index (χ1n) is 7.90. The Kier molecular flexibility index (Phi) is 3.67. The third-order valence-electron chi connectivity index (χ3n) is 3.99. The molecule has 3 aromatic rings. The van der Waals surface area contributed by atoms with Gasteiger partial charge in [-0.1, -0.05) is 54.6 Å². The van der Waals surface area contributed by atoms with Crippen LogP contribution in [0.4, 0.5) is 11.4 Å². The quantitative estimate of drug-likeness (QED) is 0.588. The molecule has 3 aromatic carbocycles.